The molecule has 3 rings (SSSR count). The molecule has 0 spiro atoms. The smallest absolute Gasteiger partial charge is 0.490 e. The number of ether oxygens (including phenoxy) is 1. The summed E-state index contributed by atoms with van der Waals surface area (Å²) >= 11 is 0. The number of nitrogens with one attached hydrogen (secondary N) is 2. The van der Waals surface area contributed by atoms with Crippen molar-refractivity contribution in [3.05, 3.63) is 29.8 Å². The van der Waals surface area contributed by atoms with Crippen LogP contribution in [0.4, 0.5) is 13.2 Å². The topological polar surface area (TPSA) is 83.0 Å². The summed E-state index contributed by atoms with van der Waals surface area (Å²) in [5.41, 5.74) is -4.28. The second-order valence-electron chi connectivity index (χ2n) is 7.47. The number of benzene rings is 1. The number of alkyl halides is 3. The molecule has 0 bridgehead atoms. The maximum absolute atomic E-state index is 12.7. The Bertz CT molecular complexity index is 855. The zero-order chi connectivity index (χ0) is 21.8. The molecule has 1 saturated heterocycles. The average Bonchev–Trinajstić information content (AvgIpc) is 2.68. The van der Waals surface area contributed by atoms with Crippen LogP contribution in [0.5, 0.6) is 5.75 Å². The molecule has 1 heterocycles. The molecule has 1 aliphatic heterocycles. The van der Waals surface area contributed by atoms with Crippen molar-refractivity contribution < 1.29 is 26.3 Å². The maximum Gasteiger partial charge on any atom is 0.511 e. The van der Waals surface area contributed by atoms with Crippen LogP contribution in [-0.4, -0.2) is 56.5 Å². The number of hydrogen-bond donors (Lipinski definition) is 2. The van der Waals surface area contributed by atoms with Crippen molar-refractivity contribution in [2.75, 3.05) is 20.1 Å². The first-order chi connectivity index (χ1) is 14.2. The fraction of sp³-hybridized carbons (Fsp3) is 0.632. The first-order valence-corrected chi connectivity index (χ1v) is 11.4. The first kappa shape index (κ1) is 26.0. The van der Waals surface area contributed by atoms with E-state index >= 15 is 0 Å². The number of hydrogen-bond acceptors (Lipinski definition) is 4. The number of sulfonamides is 1. The number of nitrogens with zero attached hydrogens (tertiary/aromatic N) is 2. The van der Waals surface area contributed by atoms with Crippen molar-refractivity contribution in [3.63, 3.8) is 0 Å². The number of rotatable bonds is 6. The van der Waals surface area contributed by atoms with Crippen LogP contribution >= 0.6 is 24.0 Å². The van der Waals surface area contributed by atoms with E-state index in [1.54, 1.807) is 7.05 Å². The minimum absolute atomic E-state index is 0. The SMILES string of the molecule is CN=C(NCc1ccccc1OC1CCC1)NC1CCN(S(=O)(=O)C(F)(F)F)CC1.I. The number of piperidine rings is 1. The van der Waals surface area contributed by atoms with Gasteiger partial charge in [-0.3, -0.25) is 4.99 Å². The van der Waals surface area contributed by atoms with Gasteiger partial charge in [0.1, 0.15) is 5.75 Å². The standard InChI is InChI=1S/C19H27F3N4O3S.HI/c1-23-18(24-13-14-5-2-3-8-17(14)29-16-6-4-7-16)25-15-9-11-26(12-10-15)30(27,28)19(20,21)22;/h2-3,5,8,15-16H,4,6-7,9-13H2,1H3,(H2,23,24,25);1H. The largest absolute Gasteiger partial charge is 0.511 e. The molecular formula is C19H28F3IN4O3S. The first-order valence-electron chi connectivity index (χ1n) is 9.99. The number of para-hydroxylation sites is 1. The molecule has 0 atom stereocenters. The monoisotopic (exact) mass is 576 g/mol. The van der Waals surface area contributed by atoms with Gasteiger partial charge in [-0.1, -0.05) is 18.2 Å². The predicted octanol–water partition coefficient (Wildman–Crippen LogP) is 3.21. The summed E-state index contributed by atoms with van der Waals surface area (Å²) in [4.78, 5) is 4.16. The lowest BCUT2D eigenvalue weighted by Gasteiger charge is -2.32. The molecule has 1 aromatic rings. The Balaban J connectivity index is 0.00000341. The summed E-state index contributed by atoms with van der Waals surface area (Å²) in [5.74, 6) is 1.33. The number of aliphatic imine (C=N–C) groups is 1. The minimum atomic E-state index is -5.27. The lowest BCUT2D eigenvalue weighted by molar-refractivity contribution is -0.0494. The zero-order valence-electron chi connectivity index (χ0n) is 17.2. The van der Waals surface area contributed by atoms with Crippen LogP contribution in [0.2, 0.25) is 0 Å². The van der Waals surface area contributed by atoms with Gasteiger partial charge in [-0.25, -0.2) is 8.42 Å². The van der Waals surface area contributed by atoms with Gasteiger partial charge in [0.05, 0.1) is 6.10 Å². The van der Waals surface area contributed by atoms with Crippen LogP contribution in [0, 0.1) is 0 Å². The van der Waals surface area contributed by atoms with Crippen molar-refractivity contribution in [3.8, 4) is 5.75 Å². The maximum atomic E-state index is 12.7. The molecule has 2 aliphatic rings. The van der Waals surface area contributed by atoms with E-state index in [-0.39, 0.29) is 62.1 Å². The van der Waals surface area contributed by atoms with Gasteiger partial charge in [-0.15, -0.1) is 24.0 Å². The van der Waals surface area contributed by atoms with Gasteiger partial charge < -0.3 is 15.4 Å². The molecule has 0 aromatic heterocycles. The highest BCUT2D eigenvalue weighted by Gasteiger charge is 2.50. The normalized spacial score (nSPS) is 19.3. The van der Waals surface area contributed by atoms with E-state index in [1.807, 2.05) is 24.3 Å². The number of guanidine groups is 1. The van der Waals surface area contributed by atoms with Gasteiger partial charge >= 0.3 is 15.5 Å². The predicted molar refractivity (Wildman–Crippen MR) is 123 cm³/mol. The van der Waals surface area contributed by atoms with Gasteiger partial charge in [0, 0.05) is 38.3 Å². The number of halogens is 4. The van der Waals surface area contributed by atoms with Gasteiger partial charge in [0.25, 0.3) is 0 Å². The van der Waals surface area contributed by atoms with Gasteiger partial charge in [0.15, 0.2) is 5.96 Å². The third kappa shape index (κ3) is 6.60. The zero-order valence-corrected chi connectivity index (χ0v) is 20.3. The van der Waals surface area contributed by atoms with Crippen LogP contribution in [0.25, 0.3) is 0 Å². The van der Waals surface area contributed by atoms with Gasteiger partial charge in [0.2, 0.25) is 0 Å². The fourth-order valence-electron chi connectivity index (χ4n) is 3.39. The molecule has 176 valence electrons. The molecule has 7 nitrogen and oxygen atoms in total. The molecule has 0 radical (unpaired) electrons. The lowest BCUT2D eigenvalue weighted by atomic mass is 9.96. The van der Waals surface area contributed by atoms with Crippen molar-refractivity contribution in [1.29, 1.82) is 0 Å². The summed E-state index contributed by atoms with van der Waals surface area (Å²) in [7, 11) is -3.66. The second kappa shape index (κ2) is 11.0. The van der Waals surface area contributed by atoms with Crippen LogP contribution in [0.3, 0.4) is 0 Å². The third-order valence-corrected chi connectivity index (χ3v) is 7.05. The van der Waals surface area contributed by atoms with E-state index in [2.05, 4.69) is 15.6 Å². The molecule has 1 aromatic carbocycles. The molecule has 2 N–H and O–H groups in total. The summed E-state index contributed by atoms with van der Waals surface area (Å²) in [6.07, 6.45) is 4.10. The summed E-state index contributed by atoms with van der Waals surface area (Å²) < 4.78 is 67.6. The van der Waals surface area contributed by atoms with E-state index < -0.39 is 15.5 Å². The summed E-state index contributed by atoms with van der Waals surface area (Å²) in [6.45, 7) is 0.104. The van der Waals surface area contributed by atoms with E-state index in [0.717, 1.165) is 24.2 Å². The Morgan fingerprint density at radius 2 is 1.84 bits per heavy atom. The highest BCUT2D eigenvalue weighted by molar-refractivity contribution is 14.0. The minimum Gasteiger partial charge on any atom is -0.490 e. The van der Waals surface area contributed by atoms with E-state index in [4.69, 9.17) is 4.74 Å². The molecule has 31 heavy (non-hydrogen) atoms. The molecule has 0 unspecified atom stereocenters. The molecule has 0 amide bonds. The Labute approximate surface area is 197 Å². The van der Waals surface area contributed by atoms with Crippen LogP contribution < -0.4 is 15.4 Å². The lowest BCUT2D eigenvalue weighted by Crippen LogP contribution is -2.51. The van der Waals surface area contributed by atoms with Gasteiger partial charge in [-0.2, -0.15) is 17.5 Å². The molecule has 1 aliphatic carbocycles. The Kier molecular flexibility index (Phi) is 9.25. The highest BCUT2D eigenvalue weighted by atomic mass is 127. The van der Waals surface area contributed by atoms with Gasteiger partial charge in [-0.05, 0) is 38.2 Å². The fourth-order valence-corrected chi connectivity index (χ4v) is 4.37. The summed E-state index contributed by atoms with van der Waals surface area (Å²) in [6, 6.07) is 7.58. The quantitative estimate of drug-likeness (QED) is 0.309. The molecule has 1 saturated carbocycles. The third-order valence-electron chi connectivity index (χ3n) is 5.42. The Morgan fingerprint density at radius 3 is 2.39 bits per heavy atom. The van der Waals surface area contributed by atoms with Crippen LogP contribution in [0.1, 0.15) is 37.7 Å². The van der Waals surface area contributed by atoms with Crippen LogP contribution in [-0.2, 0) is 16.6 Å². The van der Waals surface area contributed by atoms with Crippen molar-refractivity contribution in [1.82, 2.24) is 14.9 Å². The Morgan fingerprint density at radius 1 is 1.19 bits per heavy atom. The van der Waals surface area contributed by atoms with Crippen molar-refractivity contribution >= 4 is 40.0 Å². The highest BCUT2D eigenvalue weighted by Crippen LogP contribution is 2.29. The van der Waals surface area contributed by atoms with Crippen LogP contribution in [0.15, 0.2) is 29.3 Å². The second-order valence-corrected chi connectivity index (χ2v) is 9.40. The van der Waals surface area contributed by atoms with Crippen molar-refractivity contribution in [2.24, 2.45) is 4.99 Å². The van der Waals surface area contributed by atoms with E-state index in [0.29, 0.717) is 16.8 Å². The van der Waals surface area contributed by atoms with E-state index in [1.165, 1.54) is 6.42 Å². The molecular weight excluding hydrogens is 548 g/mol. The molecule has 12 heteroatoms. The Hall–Kier alpha value is -1.28. The average molecular weight is 576 g/mol. The summed E-state index contributed by atoms with van der Waals surface area (Å²) in [5, 5.41) is 6.36. The van der Waals surface area contributed by atoms with Crippen molar-refractivity contribution in [2.45, 2.75) is 56.3 Å². The van der Waals surface area contributed by atoms with E-state index in [9.17, 15) is 21.6 Å². The molecule has 2 fully saturated rings.